The number of hydrogen-bond donors (Lipinski definition) is 1. The standard InChI is InChI=1S/C23H19F2N2Si.C13H24O2.Ir/c1-28(2,3)17-9-10-20-19(13-17)18(15-7-5-4-6-8-15)14-21(26-20)16-11-22(24)27-23(25)12-16;1-5-10(6-2)12(14)9-13(15)11(7-3)8-4;/h4-11,13-14H,1-3H3;9-11,14H,5-8H2,1-4H3;/q-1;;/b;12-9-;. The molecule has 0 aliphatic carbocycles. The Balaban J connectivity index is 0.000000363. The summed E-state index contributed by atoms with van der Waals surface area (Å²) in [5.74, 6) is -1.32. The van der Waals surface area contributed by atoms with Crippen molar-refractivity contribution in [1.82, 2.24) is 9.97 Å². The van der Waals surface area contributed by atoms with E-state index in [1.807, 2.05) is 70.2 Å². The maximum Gasteiger partial charge on any atom is 0.162 e. The summed E-state index contributed by atoms with van der Waals surface area (Å²) in [7, 11) is -1.51. The van der Waals surface area contributed by atoms with Gasteiger partial charge in [0.2, 0.25) is 0 Å². The molecule has 0 unspecified atom stereocenters. The summed E-state index contributed by atoms with van der Waals surface area (Å²) in [6.07, 6.45) is 4.91. The van der Waals surface area contributed by atoms with E-state index in [4.69, 9.17) is 0 Å². The number of carbonyl (C=O) groups is 1. The molecule has 0 amide bonds. The van der Waals surface area contributed by atoms with E-state index in [0.717, 1.165) is 53.8 Å². The van der Waals surface area contributed by atoms with Crippen LogP contribution < -0.4 is 5.19 Å². The summed E-state index contributed by atoms with van der Waals surface area (Å²) in [6.45, 7) is 15.0. The molecule has 44 heavy (non-hydrogen) atoms. The molecular formula is C36H43F2IrN2O2Si-. The number of pyridine rings is 2. The Morgan fingerprint density at radius 2 is 1.50 bits per heavy atom. The number of nitrogens with zero attached hydrogens (tertiary/aromatic N) is 2. The fourth-order valence-corrected chi connectivity index (χ4v) is 6.19. The second kappa shape index (κ2) is 16.9. The van der Waals surface area contributed by atoms with Gasteiger partial charge < -0.3 is 10.1 Å². The molecular weight excluding hydrogens is 751 g/mol. The number of hydrogen-bond acceptors (Lipinski definition) is 4. The van der Waals surface area contributed by atoms with E-state index in [2.05, 4.69) is 47.8 Å². The van der Waals surface area contributed by atoms with E-state index >= 15 is 0 Å². The molecule has 0 fully saturated rings. The van der Waals surface area contributed by atoms with Crippen LogP contribution in [0.3, 0.4) is 0 Å². The van der Waals surface area contributed by atoms with Crippen LogP contribution in [-0.2, 0) is 24.9 Å². The number of benzene rings is 2. The molecule has 8 heteroatoms. The van der Waals surface area contributed by atoms with Gasteiger partial charge in [0.1, 0.15) is 0 Å². The van der Waals surface area contributed by atoms with Gasteiger partial charge in [-0.3, -0.25) is 4.79 Å². The van der Waals surface area contributed by atoms with Crippen molar-refractivity contribution in [1.29, 1.82) is 0 Å². The Kier molecular flexibility index (Phi) is 14.2. The summed E-state index contributed by atoms with van der Waals surface area (Å²) in [6, 6.07) is 21.8. The Labute approximate surface area is 275 Å². The van der Waals surface area contributed by atoms with Crippen LogP contribution in [0.1, 0.15) is 53.4 Å². The largest absolute Gasteiger partial charge is 0.512 e. The third kappa shape index (κ3) is 9.72. The minimum absolute atomic E-state index is 0. The van der Waals surface area contributed by atoms with Gasteiger partial charge in [-0.2, -0.15) is 9.95 Å². The molecule has 0 spiro atoms. The van der Waals surface area contributed by atoms with E-state index in [0.29, 0.717) is 5.69 Å². The smallest absolute Gasteiger partial charge is 0.162 e. The van der Waals surface area contributed by atoms with Crippen LogP contribution in [0, 0.1) is 29.8 Å². The first-order valence-electron chi connectivity index (χ1n) is 15.1. The zero-order valence-corrected chi connectivity index (χ0v) is 30.1. The molecule has 1 N–H and O–H groups in total. The topological polar surface area (TPSA) is 63.1 Å². The Bertz CT molecular complexity index is 1540. The van der Waals surface area contributed by atoms with Crippen molar-refractivity contribution < 1.29 is 38.8 Å². The molecule has 1 radical (unpaired) electrons. The molecule has 237 valence electrons. The Hall–Kier alpha value is -3.06. The van der Waals surface area contributed by atoms with Crippen molar-refractivity contribution >= 4 is 29.9 Å². The predicted octanol–water partition coefficient (Wildman–Crippen LogP) is 9.45. The third-order valence-corrected chi connectivity index (χ3v) is 9.87. The van der Waals surface area contributed by atoms with Crippen LogP contribution in [0.5, 0.6) is 0 Å². The maximum absolute atomic E-state index is 13.6. The number of carbonyl (C=O) groups excluding carboxylic acids is 1. The van der Waals surface area contributed by atoms with Crippen molar-refractivity contribution in [3.63, 3.8) is 0 Å². The minimum atomic E-state index is -1.51. The molecule has 0 bridgehead atoms. The van der Waals surface area contributed by atoms with Crippen molar-refractivity contribution in [2.24, 2.45) is 11.8 Å². The van der Waals surface area contributed by atoms with E-state index in [9.17, 15) is 18.7 Å². The van der Waals surface area contributed by atoms with Gasteiger partial charge in [0.15, 0.2) is 17.7 Å². The zero-order chi connectivity index (χ0) is 31.7. The molecule has 0 atom stereocenters. The first kappa shape index (κ1) is 37.1. The van der Waals surface area contributed by atoms with Crippen LogP contribution in [0.2, 0.25) is 19.6 Å². The molecule has 0 aliphatic heterocycles. The quantitative estimate of drug-likeness (QED) is 0.0572. The van der Waals surface area contributed by atoms with Crippen LogP contribution in [0.25, 0.3) is 33.3 Å². The second-order valence-corrected chi connectivity index (χ2v) is 16.9. The SMILES string of the molecule is CCC(CC)C(=O)/C=C(\O)C(CC)CC.C[Si](C)(C)c1ccc2nc(-c3[c-]c(F)nc(F)c3)cc(-c3ccccc3)c2c1.[Ir]. The number of ketones is 1. The van der Waals surface area contributed by atoms with Crippen LogP contribution >= 0.6 is 0 Å². The van der Waals surface area contributed by atoms with E-state index in [-0.39, 0.29) is 49.0 Å². The van der Waals surface area contributed by atoms with Crippen LogP contribution in [0.15, 0.2) is 72.5 Å². The summed E-state index contributed by atoms with van der Waals surface area (Å²) < 4.78 is 27.2. The number of rotatable bonds is 10. The predicted molar refractivity (Wildman–Crippen MR) is 176 cm³/mol. The van der Waals surface area contributed by atoms with E-state index < -0.39 is 20.0 Å². The number of fused-ring (bicyclic) bond motifs is 1. The van der Waals surface area contributed by atoms with Crippen LogP contribution in [-0.4, -0.2) is 28.9 Å². The van der Waals surface area contributed by atoms with E-state index in [1.165, 1.54) is 11.3 Å². The fraction of sp³-hybridized carbons (Fsp3) is 0.361. The molecule has 2 aromatic heterocycles. The van der Waals surface area contributed by atoms with Gasteiger partial charge in [-0.1, -0.05) is 101 Å². The number of aromatic nitrogens is 2. The van der Waals surface area contributed by atoms with Crippen molar-refractivity contribution in [3.8, 4) is 22.4 Å². The average Bonchev–Trinajstić information content (AvgIpc) is 2.97. The van der Waals surface area contributed by atoms with Gasteiger partial charge in [0.05, 0.1) is 19.3 Å². The fourth-order valence-electron chi connectivity index (χ4n) is 5.02. The number of halogens is 2. The molecule has 0 saturated carbocycles. The third-order valence-electron chi connectivity index (χ3n) is 7.82. The zero-order valence-electron chi connectivity index (χ0n) is 26.7. The number of aliphatic hydroxyl groups is 1. The van der Waals surface area contributed by atoms with Gasteiger partial charge in [-0.15, -0.1) is 12.1 Å². The molecule has 2 heterocycles. The number of allylic oxidation sites excluding steroid dienone is 2. The molecule has 0 aliphatic rings. The summed E-state index contributed by atoms with van der Waals surface area (Å²) in [4.78, 5) is 19.5. The molecule has 4 aromatic rings. The van der Waals surface area contributed by atoms with Crippen molar-refractivity contribution in [2.75, 3.05) is 0 Å². The van der Waals surface area contributed by atoms with Crippen LogP contribution in [0.4, 0.5) is 8.78 Å². The maximum atomic E-state index is 13.6. The van der Waals surface area contributed by atoms with Gasteiger partial charge in [-0.25, -0.2) is 9.37 Å². The molecule has 2 aromatic carbocycles. The van der Waals surface area contributed by atoms with E-state index in [1.54, 1.807) is 0 Å². The van der Waals surface area contributed by atoms with Gasteiger partial charge in [-0.05, 0) is 48.6 Å². The summed E-state index contributed by atoms with van der Waals surface area (Å²) in [5.41, 5.74) is 3.50. The Morgan fingerprint density at radius 3 is 2.05 bits per heavy atom. The molecule has 4 rings (SSSR count). The van der Waals surface area contributed by atoms with Crippen molar-refractivity contribution in [2.45, 2.75) is 73.0 Å². The first-order valence-corrected chi connectivity index (χ1v) is 18.6. The monoisotopic (exact) mass is 794 g/mol. The van der Waals surface area contributed by atoms with Gasteiger partial charge >= 0.3 is 0 Å². The van der Waals surface area contributed by atoms with Gasteiger partial charge in [0.25, 0.3) is 0 Å². The van der Waals surface area contributed by atoms with Gasteiger partial charge in [0, 0.05) is 43.4 Å². The normalized spacial score (nSPS) is 11.8. The number of aliphatic hydroxyl groups excluding tert-OH is 1. The molecule has 4 nitrogen and oxygen atoms in total. The average molecular weight is 794 g/mol. The molecule has 0 saturated heterocycles. The summed E-state index contributed by atoms with van der Waals surface area (Å²) in [5, 5.41) is 12.1. The second-order valence-electron chi connectivity index (χ2n) is 11.8. The summed E-state index contributed by atoms with van der Waals surface area (Å²) >= 11 is 0. The Morgan fingerprint density at radius 1 is 0.886 bits per heavy atom. The minimum Gasteiger partial charge on any atom is -0.512 e. The first-order chi connectivity index (χ1) is 20.4. The van der Waals surface area contributed by atoms with Crippen molar-refractivity contribution in [3.05, 3.63) is 90.5 Å².